The number of likely N-dealkylation sites (tertiary alicyclic amines) is 1. The van der Waals surface area contributed by atoms with E-state index in [2.05, 4.69) is 20.4 Å². The third-order valence-corrected chi connectivity index (χ3v) is 9.58. The highest BCUT2D eigenvalue weighted by Gasteiger charge is 2.64. The topological polar surface area (TPSA) is 124 Å². The SMILES string of the molecule is [2H]C([2H])([2H])OCc1ccc(C(F)(F)F)nc1NC(=O)[C@@H]1C[C@@]2(C)C[C@H]2N1C(=O)Cn1cc(C(C)=O)c2cc(-c3cnc4cc(C)nn4c3)cc(C)c21. The molecule has 2 amide bonds. The number of carbonyl (C=O) groups excluding carboxylic acids is 3. The molecule has 7 rings (SSSR count). The number of carbonyl (C=O) groups is 3. The van der Waals surface area contributed by atoms with Crippen LogP contribution in [0.25, 0.3) is 27.7 Å². The van der Waals surface area contributed by atoms with Gasteiger partial charge < -0.3 is 19.5 Å². The molecule has 1 N–H and O–H groups in total. The van der Waals surface area contributed by atoms with E-state index < -0.39 is 49.2 Å². The number of hydrogen-bond acceptors (Lipinski definition) is 7. The molecule has 2 fully saturated rings. The monoisotopic (exact) mass is 676 g/mol. The van der Waals surface area contributed by atoms with Crippen molar-refractivity contribution < 1.29 is 36.4 Å². The van der Waals surface area contributed by atoms with Gasteiger partial charge in [0.1, 0.15) is 24.1 Å². The van der Waals surface area contributed by atoms with Gasteiger partial charge in [-0.2, -0.15) is 18.3 Å². The lowest BCUT2D eigenvalue weighted by Crippen LogP contribution is -2.46. The van der Waals surface area contributed by atoms with Crippen molar-refractivity contribution in [2.45, 2.75) is 71.9 Å². The third kappa shape index (κ3) is 5.73. The van der Waals surface area contributed by atoms with Crippen LogP contribution < -0.4 is 5.32 Å². The number of anilines is 1. The van der Waals surface area contributed by atoms with Crippen molar-refractivity contribution in [2.24, 2.45) is 5.41 Å². The Kier molecular flexibility index (Phi) is 6.78. The highest BCUT2D eigenvalue weighted by molar-refractivity contribution is 6.09. The minimum absolute atomic E-state index is 0.0782. The Morgan fingerprint density at radius 3 is 2.65 bits per heavy atom. The van der Waals surface area contributed by atoms with Gasteiger partial charge in [-0.1, -0.05) is 13.0 Å². The van der Waals surface area contributed by atoms with Gasteiger partial charge in [0.05, 0.1) is 21.9 Å². The van der Waals surface area contributed by atoms with Crippen LogP contribution in [-0.4, -0.2) is 65.8 Å². The second-order valence-electron chi connectivity index (χ2n) is 13.2. The van der Waals surface area contributed by atoms with Gasteiger partial charge in [-0.05, 0) is 68.4 Å². The van der Waals surface area contributed by atoms with Crippen molar-refractivity contribution in [1.29, 1.82) is 0 Å². The molecule has 0 bridgehead atoms. The minimum atomic E-state index is -4.84. The summed E-state index contributed by atoms with van der Waals surface area (Å²) in [6, 6.07) is 6.02. The molecule has 0 unspecified atom stereocenters. The maximum atomic E-state index is 14.2. The fourth-order valence-electron chi connectivity index (χ4n) is 7.11. The van der Waals surface area contributed by atoms with Crippen molar-refractivity contribution in [1.82, 2.24) is 29.0 Å². The highest BCUT2D eigenvalue weighted by Crippen LogP contribution is 2.59. The van der Waals surface area contributed by atoms with Gasteiger partial charge >= 0.3 is 6.18 Å². The molecule has 14 heteroatoms. The fourth-order valence-corrected chi connectivity index (χ4v) is 7.11. The molecule has 0 spiro atoms. The number of pyridine rings is 1. The molecule has 1 aliphatic carbocycles. The first kappa shape index (κ1) is 28.9. The highest BCUT2D eigenvalue weighted by atomic mass is 19.4. The second-order valence-corrected chi connectivity index (χ2v) is 13.2. The lowest BCUT2D eigenvalue weighted by atomic mass is 10.0. The molecule has 5 aromatic rings. The summed E-state index contributed by atoms with van der Waals surface area (Å²) in [7, 11) is -2.84. The van der Waals surface area contributed by atoms with Gasteiger partial charge in [-0.3, -0.25) is 14.4 Å². The fraction of sp³-hybridized carbons (Fsp3) is 0.371. The molecule has 11 nitrogen and oxygen atoms in total. The number of halogens is 3. The average molecular weight is 677 g/mol. The van der Waals surface area contributed by atoms with Crippen molar-refractivity contribution in [3.8, 4) is 11.1 Å². The zero-order valence-corrected chi connectivity index (χ0v) is 27.1. The number of nitrogens with zero attached hydrogens (tertiary/aromatic N) is 6. The molecule has 0 radical (unpaired) electrons. The second kappa shape index (κ2) is 11.5. The number of alkyl halides is 3. The summed E-state index contributed by atoms with van der Waals surface area (Å²) in [5.41, 5.74) is 3.22. The van der Waals surface area contributed by atoms with E-state index in [1.807, 2.05) is 45.2 Å². The molecule has 1 aromatic carbocycles. The number of ketones is 1. The molecule has 3 atom stereocenters. The van der Waals surface area contributed by atoms with E-state index in [1.165, 1.54) is 11.8 Å². The summed E-state index contributed by atoms with van der Waals surface area (Å²) in [4.78, 5) is 50.4. The molecule has 1 aliphatic heterocycles. The number of fused-ring (bicyclic) bond motifs is 3. The predicted octanol–water partition coefficient (Wildman–Crippen LogP) is 5.75. The number of hydrogen-bond donors (Lipinski definition) is 1. The summed E-state index contributed by atoms with van der Waals surface area (Å²) in [5.74, 6) is -1.88. The van der Waals surface area contributed by atoms with Crippen molar-refractivity contribution >= 4 is 40.0 Å². The first-order valence-electron chi connectivity index (χ1n) is 17.1. The molecule has 4 aromatic heterocycles. The molecule has 1 saturated carbocycles. The van der Waals surface area contributed by atoms with Crippen molar-refractivity contribution in [3.63, 3.8) is 0 Å². The van der Waals surface area contributed by atoms with E-state index in [0.29, 0.717) is 34.6 Å². The Balaban J connectivity index is 1.18. The number of aryl methyl sites for hydroxylation is 2. The van der Waals surface area contributed by atoms with E-state index in [1.54, 1.807) is 21.5 Å². The van der Waals surface area contributed by atoms with Gasteiger partial charge in [0, 0.05) is 59.8 Å². The van der Waals surface area contributed by atoms with Gasteiger partial charge in [-0.25, -0.2) is 14.5 Å². The Morgan fingerprint density at radius 2 is 1.92 bits per heavy atom. The Bertz CT molecular complexity index is 2300. The van der Waals surface area contributed by atoms with Crippen LogP contribution in [0.2, 0.25) is 0 Å². The number of nitrogens with one attached hydrogen (secondary N) is 1. The number of aromatic nitrogens is 5. The summed E-state index contributed by atoms with van der Waals surface area (Å²) in [5, 5.41) is 7.52. The van der Waals surface area contributed by atoms with E-state index in [0.717, 1.165) is 28.5 Å². The first-order valence-corrected chi connectivity index (χ1v) is 15.6. The molecule has 1 saturated heterocycles. The van der Waals surface area contributed by atoms with E-state index in [9.17, 15) is 27.6 Å². The third-order valence-electron chi connectivity index (χ3n) is 9.58. The molecular weight excluding hydrogens is 639 g/mol. The van der Waals surface area contributed by atoms with Crippen LogP contribution in [0.4, 0.5) is 19.0 Å². The minimum Gasteiger partial charge on any atom is -0.380 e. The van der Waals surface area contributed by atoms with Gasteiger partial charge in [0.2, 0.25) is 11.8 Å². The van der Waals surface area contributed by atoms with Crippen LogP contribution >= 0.6 is 0 Å². The van der Waals surface area contributed by atoms with Crippen molar-refractivity contribution in [3.05, 3.63) is 77.0 Å². The largest absolute Gasteiger partial charge is 0.433 e. The van der Waals surface area contributed by atoms with E-state index >= 15 is 0 Å². The van der Waals surface area contributed by atoms with Gasteiger partial charge in [0.15, 0.2) is 11.4 Å². The zero-order chi connectivity index (χ0) is 37.5. The van der Waals surface area contributed by atoms with Crippen LogP contribution in [-0.2, 0) is 33.7 Å². The lowest BCUT2D eigenvalue weighted by Gasteiger charge is -2.27. The number of ether oxygens (including phenoxy) is 1. The summed E-state index contributed by atoms with van der Waals surface area (Å²) in [6.07, 6.45) is 1.28. The van der Waals surface area contributed by atoms with Crippen molar-refractivity contribution in [2.75, 3.05) is 12.4 Å². The van der Waals surface area contributed by atoms with Gasteiger partial charge in [0.25, 0.3) is 0 Å². The first-order chi connectivity index (χ1) is 24.3. The van der Waals surface area contributed by atoms with Crippen LogP contribution in [0.5, 0.6) is 0 Å². The zero-order valence-electron chi connectivity index (χ0n) is 30.1. The van der Waals surface area contributed by atoms with Crippen LogP contribution in [0.15, 0.2) is 48.9 Å². The number of piperidine rings is 1. The maximum absolute atomic E-state index is 14.2. The summed E-state index contributed by atoms with van der Waals surface area (Å²) < 4.78 is 70.8. The number of benzene rings is 1. The number of Topliss-reactive ketones (excluding diaryl/α,β-unsaturated/α-hetero) is 1. The van der Waals surface area contributed by atoms with Crippen LogP contribution in [0, 0.1) is 19.3 Å². The Hall–Kier alpha value is -5.11. The normalized spacial score (nSPS) is 21.4. The molecule has 254 valence electrons. The molecule has 5 heterocycles. The standard InChI is InChI=1S/C35H34F3N7O4/c1-18-8-22(23-13-39-29-9-19(2)42-44(29)14-23)10-24-25(20(3)46)15-43(31(18)24)16-30(47)45-26(11-34(4)12-28(34)45)33(48)41-32-21(17-49-5)6-7-27(40-32)35(36,37)38/h6-10,13-15,26,28H,11-12,16-17H2,1-5H3,(H,40,41,48)/t26-,28+,34-/m0/s1/i5D3. The van der Waals surface area contributed by atoms with E-state index in [-0.39, 0.29) is 35.8 Å². The maximum Gasteiger partial charge on any atom is 0.433 e. The predicted molar refractivity (Wildman–Crippen MR) is 174 cm³/mol. The quantitative estimate of drug-likeness (QED) is 0.208. The van der Waals surface area contributed by atoms with Crippen LogP contribution in [0.1, 0.15) is 63.7 Å². The molecule has 2 aliphatic rings. The molecular formula is C35H34F3N7O4. The Morgan fingerprint density at radius 1 is 1.12 bits per heavy atom. The smallest absolute Gasteiger partial charge is 0.380 e. The van der Waals surface area contributed by atoms with Gasteiger partial charge in [-0.15, -0.1) is 0 Å². The number of rotatable bonds is 8. The Labute approximate surface area is 283 Å². The van der Waals surface area contributed by atoms with E-state index in [4.69, 9.17) is 8.85 Å². The molecule has 49 heavy (non-hydrogen) atoms. The number of methoxy groups -OCH3 is 1. The van der Waals surface area contributed by atoms with Crippen LogP contribution in [0.3, 0.4) is 0 Å². The summed E-state index contributed by atoms with van der Waals surface area (Å²) >= 11 is 0. The average Bonchev–Trinajstić information content (AvgIpc) is 3.31. The lowest BCUT2D eigenvalue weighted by molar-refractivity contribution is -0.141. The number of amides is 2. The summed E-state index contributed by atoms with van der Waals surface area (Å²) in [6.45, 7) is 6.28.